The van der Waals surface area contributed by atoms with Crippen LogP contribution in [0.15, 0.2) is 46.0 Å². The van der Waals surface area contributed by atoms with Crippen LogP contribution in [0.25, 0.3) is 0 Å². The Morgan fingerprint density at radius 1 is 1.19 bits per heavy atom. The summed E-state index contributed by atoms with van der Waals surface area (Å²) in [6.07, 6.45) is 1.89. The van der Waals surface area contributed by atoms with Crippen molar-refractivity contribution in [2.75, 3.05) is 19.7 Å². The van der Waals surface area contributed by atoms with Crippen molar-refractivity contribution in [2.45, 2.75) is 26.3 Å². The van der Waals surface area contributed by atoms with E-state index in [4.69, 9.17) is 4.74 Å². The zero-order valence-corrected chi connectivity index (χ0v) is 14.8. The third-order valence-corrected chi connectivity index (χ3v) is 4.56. The van der Waals surface area contributed by atoms with Crippen LogP contribution < -0.4 is 15.9 Å². The van der Waals surface area contributed by atoms with Gasteiger partial charge >= 0.3 is 0 Å². The third-order valence-electron chi connectivity index (χ3n) is 4.56. The fraction of sp³-hybridized carbons (Fsp3) is 0.421. The van der Waals surface area contributed by atoms with Gasteiger partial charge in [-0.15, -0.1) is 0 Å². The van der Waals surface area contributed by atoms with Crippen LogP contribution in [0.5, 0.6) is 5.75 Å². The molecule has 138 valence electrons. The minimum absolute atomic E-state index is 0.152. The first-order valence-corrected chi connectivity index (χ1v) is 8.79. The summed E-state index contributed by atoms with van der Waals surface area (Å²) in [7, 11) is 0. The number of aromatic amines is 1. The van der Waals surface area contributed by atoms with Gasteiger partial charge in [0.15, 0.2) is 0 Å². The first-order chi connectivity index (χ1) is 12.5. The summed E-state index contributed by atoms with van der Waals surface area (Å²) >= 11 is 0. The van der Waals surface area contributed by atoms with Gasteiger partial charge in [0, 0.05) is 31.1 Å². The Morgan fingerprint density at radius 3 is 2.73 bits per heavy atom. The SMILES string of the molecule is Cc1ccc(OC[C@@H]2CCCN(C(=O)Cn3[nH]c(=O)ccc3=O)C2)cc1. The first kappa shape index (κ1) is 18.0. The molecule has 0 aliphatic carbocycles. The molecule has 1 saturated heterocycles. The van der Waals surface area contributed by atoms with Crippen molar-refractivity contribution < 1.29 is 9.53 Å². The summed E-state index contributed by atoms with van der Waals surface area (Å²) in [4.78, 5) is 37.3. The monoisotopic (exact) mass is 357 g/mol. The normalized spacial score (nSPS) is 17.1. The highest BCUT2D eigenvalue weighted by Gasteiger charge is 2.24. The lowest BCUT2D eigenvalue weighted by molar-refractivity contribution is -0.134. The lowest BCUT2D eigenvalue weighted by Gasteiger charge is -2.32. The highest BCUT2D eigenvalue weighted by Crippen LogP contribution is 2.19. The molecule has 1 N–H and O–H groups in total. The summed E-state index contributed by atoms with van der Waals surface area (Å²) < 4.78 is 6.89. The highest BCUT2D eigenvalue weighted by molar-refractivity contribution is 5.76. The molecule has 1 fully saturated rings. The number of aromatic nitrogens is 2. The average Bonchev–Trinajstić information content (AvgIpc) is 2.64. The zero-order valence-electron chi connectivity index (χ0n) is 14.8. The number of rotatable bonds is 5. The fourth-order valence-corrected chi connectivity index (χ4v) is 3.09. The molecule has 1 atom stereocenters. The van der Waals surface area contributed by atoms with Gasteiger partial charge in [0.25, 0.3) is 11.1 Å². The zero-order chi connectivity index (χ0) is 18.5. The van der Waals surface area contributed by atoms with Gasteiger partial charge in [-0.2, -0.15) is 0 Å². The van der Waals surface area contributed by atoms with Crippen LogP contribution >= 0.6 is 0 Å². The summed E-state index contributed by atoms with van der Waals surface area (Å²) in [6, 6.07) is 10.2. The maximum absolute atomic E-state index is 12.5. The number of H-pyrrole nitrogens is 1. The number of carbonyl (C=O) groups is 1. The second kappa shape index (κ2) is 8.03. The molecule has 1 aliphatic heterocycles. The van der Waals surface area contributed by atoms with Crippen LogP contribution in [0.3, 0.4) is 0 Å². The number of likely N-dealkylation sites (tertiary alicyclic amines) is 1. The molecular weight excluding hydrogens is 334 g/mol. The number of benzene rings is 1. The van der Waals surface area contributed by atoms with Gasteiger partial charge in [-0.05, 0) is 31.9 Å². The van der Waals surface area contributed by atoms with E-state index in [0.29, 0.717) is 19.7 Å². The van der Waals surface area contributed by atoms with Crippen molar-refractivity contribution in [3.8, 4) is 5.75 Å². The van der Waals surface area contributed by atoms with Crippen molar-refractivity contribution in [1.82, 2.24) is 14.7 Å². The first-order valence-electron chi connectivity index (χ1n) is 8.79. The highest BCUT2D eigenvalue weighted by atomic mass is 16.5. The van der Waals surface area contributed by atoms with E-state index in [1.165, 1.54) is 11.6 Å². The topological polar surface area (TPSA) is 84.4 Å². The van der Waals surface area contributed by atoms with Crippen LogP contribution in [0, 0.1) is 12.8 Å². The van der Waals surface area contributed by atoms with Crippen molar-refractivity contribution >= 4 is 5.91 Å². The quantitative estimate of drug-likeness (QED) is 0.870. The Morgan fingerprint density at radius 2 is 1.96 bits per heavy atom. The van der Waals surface area contributed by atoms with Crippen LogP contribution in [0.1, 0.15) is 18.4 Å². The van der Waals surface area contributed by atoms with Crippen molar-refractivity contribution in [3.63, 3.8) is 0 Å². The third kappa shape index (κ3) is 4.62. The van der Waals surface area contributed by atoms with Gasteiger partial charge in [0.05, 0.1) is 6.61 Å². The number of piperidine rings is 1. The van der Waals surface area contributed by atoms with E-state index >= 15 is 0 Å². The minimum Gasteiger partial charge on any atom is -0.493 e. The lowest BCUT2D eigenvalue weighted by atomic mass is 9.99. The van der Waals surface area contributed by atoms with Crippen molar-refractivity contribution in [2.24, 2.45) is 5.92 Å². The predicted molar refractivity (Wildman–Crippen MR) is 97.3 cm³/mol. The molecule has 0 saturated carbocycles. The number of nitrogens with zero attached hydrogens (tertiary/aromatic N) is 2. The van der Waals surface area contributed by atoms with Gasteiger partial charge in [0.2, 0.25) is 5.91 Å². The van der Waals surface area contributed by atoms with Gasteiger partial charge in [-0.1, -0.05) is 17.7 Å². The fourth-order valence-electron chi connectivity index (χ4n) is 3.09. The van der Waals surface area contributed by atoms with E-state index in [1.54, 1.807) is 4.90 Å². The van der Waals surface area contributed by atoms with E-state index in [1.807, 2.05) is 31.2 Å². The molecule has 26 heavy (non-hydrogen) atoms. The number of hydrogen-bond donors (Lipinski definition) is 1. The second-order valence-corrected chi connectivity index (χ2v) is 6.71. The predicted octanol–water partition coefficient (Wildman–Crippen LogP) is 1.16. The molecule has 7 heteroatoms. The van der Waals surface area contributed by atoms with E-state index < -0.39 is 11.1 Å². The van der Waals surface area contributed by atoms with Gasteiger partial charge in [-0.3, -0.25) is 19.5 Å². The van der Waals surface area contributed by atoms with Gasteiger partial charge in [0.1, 0.15) is 12.3 Å². The van der Waals surface area contributed by atoms with E-state index in [2.05, 4.69) is 5.10 Å². The standard InChI is InChI=1S/C19H23N3O4/c1-14-4-6-16(7-5-14)26-13-15-3-2-10-21(11-15)19(25)12-22-18(24)9-8-17(23)20-22/h4-9,15H,2-3,10-13H2,1H3,(H,20,23)/t15-/m1/s1. The Kier molecular flexibility index (Phi) is 5.55. The van der Waals surface area contributed by atoms with Gasteiger partial charge < -0.3 is 9.64 Å². The van der Waals surface area contributed by atoms with Crippen LogP contribution in [-0.4, -0.2) is 40.3 Å². The summed E-state index contributed by atoms with van der Waals surface area (Å²) in [5.74, 6) is 0.905. The van der Waals surface area contributed by atoms with Gasteiger partial charge in [-0.25, -0.2) is 4.68 Å². The molecule has 0 unspecified atom stereocenters. The van der Waals surface area contributed by atoms with Crippen LogP contribution in [-0.2, 0) is 11.3 Å². The Labute approximate surface area is 151 Å². The molecule has 3 rings (SSSR count). The minimum atomic E-state index is -0.402. The molecular formula is C19H23N3O4. The van der Waals surface area contributed by atoms with E-state index in [0.717, 1.165) is 29.3 Å². The summed E-state index contributed by atoms with van der Waals surface area (Å²) in [5.41, 5.74) is 0.385. The molecule has 7 nitrogen and oxygen atoms in total. The summed E-state index contributed by atoms with van der Waals surface area (Å²) in [6.45, 7) is 3.68. The molecule has 0 bridgehead atoms. The van der Waals surface area contributed by atoms with E-state index in [9.17, 15) is 14.4 Å². The number of nitrogens with one attached hydrogen (secondary N) is 1. The number of amides is 1. The number of carbonyl (C=O) groups excluding carboxylic acids is 1. The second-order valence-electron chi connectivity index (χ2n) is 6.71. The maximum Gasteiger partial charge on any atom is 0.265 e. The van der Waals surface area contributed by atoms with Crippen LogP contribution in [0.4, 0.5) is 0 Å². The molecule has 0 radical (unpaired) electrons. The lowest BCUT2D eigenvalue weighted by Crippen LogP contribution is -2.44. The van der Waals surface area contributed by atoms with E-state index in [-0.39, 0.29) is 18.4 Å². The summed E-state index contributed by atoms with van der Waals surface area (Å²) in [5, 5.41) is 2.38. The molecule has 1 aliphatic rings. The molecule has 2 heterocycles. The smallest absolute Gasteiger partial charge is 0.265 e. The Balaban J connectivity index is 1.56. The molecule has 1 aromatic heterocycles. The maximum atomic E-state index is 12.5. The molecule has 1 aromatic carbocycles. The number of hydrogen-bond acceptors (Lipinski definition) is 4. The average molecular weight is 357 g/mol. The molecule has 2 aromatic rings. The molecule has 1 amide bonds. The number of aryl methyl sites for hydroxylation is 1. The molecule has 0 spiro atoms. The Bertz CT molecular complexity index is 869. The van der Waals surface area contributed by atoms with Crippen LogP contribution in [0.2, 0.25) is 0 Å². The van der Waals surface area contributed by atoms with Crippen molar-refractivity contribution in [1.29, 1.82) is 0 Å². The Hall–Kier alpha value is -2.83. The van der Waals surface area contributed by atoms with Crippen molar-refractivity contribution in [3.05, 3.63) is 62.7 Å². The largest absolute Gasteiger partial charge is 0.493 e. The number of ether oxygens (including phenoxy) is 1.